The molecule has 0 fully saturated rings. The average molecular weight is 987 g/mol. The molecule has 0 saturated heterocycles. The maximum atomic E-state index is 13.1. The molecule has 5 N–H and O–H groups in total. The lowest BCUT2D eigenvalue weighted by molar-refractivity contribution is -0.138. The van der Waals surface area contributed by atoms with Crippen LogP contribution in [0.25, 0.3) is 0 Å². The highest BCUT2D eigenvalue weighted by atomic mass is 35.5. The molecule has 0 atom stereocenters. The van der Waals surface area contributed by atoms with Crippen molar-refractivity contribution in [1.29, 1.82) is 0 Å². The smallest absolute Gasteiger partial charge is 0.417 e. The molecule has 0 spiro atoms. The summed E-state index contributed by atoms with van der Waals surface area (Å²) in [6.45, 7) is 7.09. The Morgan fingerprint density at radius 3 is 1.43 bits per heavy atom. The number of benzene rings is 4. The molecule has 4 aromatic rings. The van der Waals surface area contributed by atoms with E-state index in [2.05, 4.69) is 10.6 Å². The van der Waals surface area contributed by atoms with Crippen LogP contribution in [0.1, 0.15) is 116 Å². The second-order valence-electron chi connectivity index (χ2n) is 14.7. The topological polar surface area (TPSA) is 191 Å². The van der Waals surface area contributed by atoms with Crippen molar-refractivity contribution < 1.29 is 69.7 Å². The van der Waals surface area contributed by atoms with E-state index in [9.17, 15) is 55.1 Å². The average Bonchev–Trinajstić information content (AvgIpc) is 3.23. The number of carboxylic acids is 1. The molecule has 2 amide bonds. The van der Waals surface area contributed by atoms with Crippen LogP contribution in [0, 0.1) is 0 Å². The Labute approximate surface area is 393 Å². The van der Waals surface area contributed by atoms with Gasteiger partial charge >= 0.3 is 18.3 Å². The number of amides is 2. The third-order valence-electron chi connectivity index (χ3n) is 9.00. The Kier molecular flexibility index (Phi) is 23.4. The minimum absolute atomic E-state index is 0.0402. The van der Waals surface area contributed by atoms with Crippen molar-refractivity contribution >= 4 is 75.4 Å². The van der Waals surface area contributed by atoms with Gasteiger partial charge in [-0.2, -0.15) is 26.3 Å². The van der Waals surface area contributed by atoms with Crippen LogP contribution in [0.3, 0.4) is 0 Å². The first kappa shape index (κ1) is 57.0. The number of Topliss-reactive ketones (excluding diaryl/α,β-unsaturated/α-hetero) is 3. The van der Waals surface area contributed by atoms with Gasteiger partial charge in [0, 0.05) is 49.2 Å². The van der Waals surface area contributed by atoms with Crippen LogP contribution in [-0.2, 0) is 38.0 Å². The van der Waals surface area contributed by atoms with Gasteiger partial charge in [0.15, 0.2) is 0 Å². The van der Waals surface area contributed by atoms with Gasteiger partial charge in [-0.3, -0.25) is 19.2 Å². The number of ketones is 3. The fourth-order valence-electron chi connectivity index (χ4n) is 5.85. The van der Waals surface area contributed by atoms with Crippen LogP contribution in [0.15, 0.2) is 72.8 Å². The summed E-state index contributed by atoms with van der Waals surface area (Å²) < 4.78 is 88.8. The zero-order valence-electron chi connectivity index (χ0n) is 37.0. The minimum Gasteiger partial charge on any atom is -0.493 e. The summed E-state index contributed by atoms with van der Waals surface area (Å²) in [5, 5.41) is 12.1. The summed E-state index contributed by atoms with van der Waals surface area (Å²) in [6.07, 6.45) is -5.23. The van der Waals surface area contributed by atoms with Gasteiger partial charge in [-0.15, -0.1) is 0 Å². The number of anilines is 3. The molecule has 0 unspecified atom stereocenters. The number of nitrogens with two attached hydrogens (primary N) is 1. The Morgan fingerprint density at radius 2 is 1.01 bits per heavy atom. The van der Waals surface area contributed by atoms with E-state index in [-0.39, 0.29) is 70.8 Å². The summed E-state index contributed by atoms with van der Waals surface area (Å²) in [4.78, 5) is 68.7. The van der Waals surface area contributed by atoms with Crippen LogP contribution in [0.2, 0.25) is 10.0 Å². The molecule has 0 aliphatic rings. The molecule has 12 nitrogen and oxygen atoms in total. The summed E-state index contributed by atoms with van der Waals surface area (Å²) in [6, 6.07) is 15.4. The zero-order chi connectivity index (χ0) is 50.5. The number of unbranched alkanes of at least 4 members (excludes halogenated alkanes) is 2. The number of rotatable bonds is 20. The lowest BCUT2D eigenvalue weighted by Gasteiger charge is -2.14. The van der Waals surface area contributed by atoms with E-state index >= 15 is 0 Å². The first-order valence-corrected chi connectivity index (χ1v) is 21.5. The number of aliphatic carboxylic acids is 1. The van der Waals surface area contributed by atoms with Crippen molar-refractivity contribution in [2.75, 3.05) is 29.6 Å². The normalized spacial score (nSPS) is 10.9. The number of nitrogens with one attached hydrogen (secondary N) is 2. The number of halogens is 8. The van der Waals surface area contributed by atoms with Crippen LogP contribution in [0.4, 0.5) is 43.4 Å². The zero-order valence-corrected chi connectivity index (χ0v) is 38.5. The van der Waals surface area contributed by atoms with E-state index in [1.54, 1.807) is 32.0 Å². The molecular formula is C47H51Cl2F6N3O9. The van der Waals surface area contributed by atoms with Crippen LogP contribution < -0.4 is 25.8 Å². The van der Waals surface area contributed by atoms with Crippen LogP contribution >= 0.6 is 23.2 Å². The summed E-state index contributed by atoms with van der Waals surface area (Å²) in [7, 11) is 0. The third-order valence-corrected chi connectivity index (χ3v) is 9.66. The van der Waals surface area contributed by atoms with Crippen molar-refractivity contribution in [3.63, 3.8) is 0 Å². The summed E-state index contributed by atoms with van der Waals surface area (Å²) in [5.41, 5.74) is 4.58. The van der Waals surface area contributed by atoms with E-state index in [4.69, 9.17) is 43.5 Å². The molecule has 0 aromatic heterocycles. The van der Waals surface area contributed by atoms with Gasteiger partial charge < -0.3 is 40.5 Å². The fraction of sp³-hybridized carbons (Fsp3) is 0.362. The molecule has 67 heavy (non-hydrogen) atoms. The van der Waals surface area contributed by atoms with Crippen molar-refractivity contribution in [1.82, 2.24) is 0 Å². The molecule has 20 heteroatoms. The van der Waals surface area contributed by atoms with Gasteiger partial charge in [-0.25, -0.2) is 0 Å². The number of alkyl halides is 6. The Hall–Kier alpha value is -6.14. The molecule has 4 rings (SSSR count). The van der Waals surface area contributed by atoms with Gasteiger partial charge in [0.2, 0.25) is 0 Å². The molecule has 0 bridgehead atoms. The number of carbonyl (C=O) groups excluding carboxylic acids is 5. The lowest BCUT2D eigenvalue weighted by Crippen LogP contribution is -2.16. The second-order valence-corrected chi connectivity index (χ2v) is 15.5. The van der Waals surface area contributed by atoms with Crippen molar-refractivity contribution in [2.45, 2.75) is 97.8 Å². The Balaban J connectivity index is 0.000000394. The maximum Gasteiger partial charge on any atom is 0.417 e. The molecule has 0 heterocycles. The van der Waals surface area contributed by atoms with Crippen molar-refractivity contribution in [2.24, 2.45) is 0 Å². The molecular weight excluding hydrogens is 935 g/mol. The van der Waals surface area contributed by atoms with E-state index < -0.39 is 51.3 Å². The highest BCUT2D eigenvalue weighted by Gasteiger charge is 2.34. The molecule has 4 aromatic carbocycles. The largest absolute Gasteiger partial charge is 0.493 e. The van der Waals surface area contributed by atoms with E-state index in [0.29, 0.717) is 62.8 Å². The lowest BCUT2D eigenvalue weighted by atomic mass is 10.0. The third kappa shape index (κ3) is 20.9. The molecule has 0 aliphatic heterocycles. The SMILES string of the molecule is CC(=O)CCCCC(=O)O.CCOc1ccc(CC(=O)CCCCC(C)=O)cc1C(=O)Nc1ccc(Cl)c(C(F)(F)F)c1.CCOc1ccc(N)cc1C(=O)Nc1ccc(Cl)c(C(F)(F)F)c1. The van der Waals surface area contributed by atoms with Gasteiger partial charge in [0.25, 0.3) is 11.8 Å². The van der Waals surface area contributed by atoms with Gasteiger partial charge in [0.1, 0.15) is 28.8 Å². The quantitative estimate of drug-likeness (QED) is 0.0376. The van der Waals surface area contributed by atoms with Gasteiger partial charge in [-0.05, 0) is 126 Å². The van der Waals surface area contributed by atoms with E-state index in [1.807, 2.05) is 0 Å². The Bertz CT molecular complexity index is 2340. The number of ether oxygens (including phenoxy) is 2. The maximum absolute atomic E-state index is 13.1. The van der Waals surface area contributed by atoms with Crippen LogP contribution in [-0.4, -0.2) is 53.5 Å². The van der Waals surface area contributed by atoms with Crippen molar-refractivity contribution in [3.05, 3.63) is 111 Å². The van der Waals surface area contributed by atoms with Crippen LogP contribution in [0.5, 0.6) is 11.5 Å². The number of carboxylic acid groups (broad SMARTS) is 1. The molecule has 364 valence electrons. The van der Waals surface area contributed by atoms with Crippen molar-refractivity contribution in [3.8, 4) is 11.5 Å². The number of nitrogen functional groups attached to an aromatic ring is 1. The fourth-order valence-corrected chi connectivity index (χ4v) is 6.30. The van der Waals surface area contributed by atoms with E-state index in [0.717, 1.165) is 24.3 Å². The highest BCUT2D eigenvalue weighted by Crippen LogP contribution is 2.38. The minimum atomic E-state index is -4.67. The number of hydrogen-bond acceptors (Lipinski definition) is 9. The number of hydrogen-bond donors (Lipinski definition) is 4. The monoisotopic (exact) mass is 985 g/mol. The predicted molar refractivity (Wildman–Crippen MR) is 243 cm³/mol. The van der Waals surface area contributed by atoms with Gasteiger partial charge in [0.05, 0.1) is 45.5 Å². The molecule has 0 radical (unpaired) electrons. The first-order chi connectivity index (χ1) is 31.4. The highest BCUT2D eigenvalue weighted by molar-refractivity contribution is 6.32. The summed E-state index contributed by atoms with van der Waals surface area (Å²) >= 11 is 11.2. The first-order valence-electron chi connectivity index (χ1n) is 20.7. The molecule has 0 saturated carbocycles. The summed E-state index contributed by atoms with van der Waals surface area (Å²) in [5.74, 6) is -1.40. The second kappa shape index (κ2) is 27.5. The molecule has 0 aliphatic carbocycles. The predicted octanol–water partition coefficient (Wildman–Crippen LogP) is 12.1. The Morgan fingerprint density at radius 1 is 0.597 bits per heavy atom. The van der Waals surface area contributed by atoms with Gasteiger partial charge in [-0.1, -0.05) is 29.3 Å². The van der Waals surface area contributed by atoms with E-state index in [1.165, 1.54) is 44.2 Å². The standard InChI is InChI=1S/C24H25ClF3NO4.C16H14ClF3N2O2.C7H12O3/c1-3-33-22-11-8-16(12-18(31)7-5-4-6-15(2)30)13-19(22)23(32)29-17-9-10-21(25)20(14-17)24(26,27)28;1-2-24-14-6-3-9(21)7-11(14)15(23)22-10-4-5-13(17)12(8-10)16(18,19)20;1-6(8)4-2-3-5-7(9)10/h8-11,13-14H,3-7,12H2,1-2H3,(H,29,32);3-8H,2,21H2,1H3,(H,22,23);2-5H2,1H3,(H,9,10). The number of carbonyl (C=O) groups is 6.